The van der Waals surface area contributed by atoms with Crippen molar-refractivity contribution in [3.63, 3.8) is 0 Å². The van der Waals surface area contributed by atoms with E-state index in [2.05, 4.69) is 0 Å². The van der Waals surface area contributed by atoms with Crippen LogP contribution in [0.25, 0.3) is 22.5 Å². The number of fused-ring (bicyclic) bond motifs is 2. The second kappa shape index (κ2) is 4.70. The van der Waals surface area contributed by atoms with Crippen molar-refractivity contribution >= 4 is 0 Å². The predicted octanol–water partition coefficient (Wildman–Crippen LogP) is 2.53. The monoisotopic (exact) mass is 288 g/mol. The van der Waals surface area contributed by atoms with Gasteiger partial charge >= 0.3 is 0 Å². The minimum Gasteiger partial charge on any atom is -0.267 e. The van der Waals surface area contributed by atoms with Crippen molar-refractivity contribution in [2.75, 3.05) is 0 Å². The Kier molecular flexibility index (Phi) is 2.69. The number of hydrogen-bond donors (Lipinski definition) is 0. The smallest absolute Gasteiger partial charge is 0.267 e. The van der Waals surface area contributed by atoms with Gasteiger partial charge in [-0.2, -0.15) is 0 Å². The summed E-state index contributed by atoms with van der Waals surface area (Å²) in [4.78, 5) is 24.8. The van der Waals surface area contributed by atoms with Gasteiger partial charge in [0.2, 0.25) is 0 Å². The van der Waals surface area contributed by atoms with Gasteiger partial charge in [0.15, 0.2) is 0 Å². The van der Waals surface area contributed by atoms with Gasteiger partial charge in [0.1, 0.15) is 0 Å². The molecule has 0 spiro atoms. The molecule has 4 rings (SSSR count). The predicted molar refractivity (Wildman–Crippen MR) is 85.4 cm³/mol. The van der Waals surface area contributed by atoms with E-state index >= 15 is 0 Å². The molecular weight excluding hydrogens is 276 g/mol. The van der Waals surface area contributed by atoms with Crippen molar-refractivity contribution in [1.82, 2.24) is 9.35 Å². The number of nitrogens with zero attached hydrogens (tertiary/aromatic N) is 2. The zero-order valence-corrected chi connectivity index (χ0v) is 11.6. The van der Waals surface area contributed by atoms with Crippen LogP contribution in [0.2, 0.25) is 0 Å². The molecule has 0 amide bonds. The minimum absolute atomic E-state index is 0.220. The first-order chi connectivity index (χ1) is 10.8. The molecule has 0 aromatic rings. The zero-order valence-electron chi connectivity index (χ0n) is 11.6. The summed E-state index contributed by atoms with van der Waals surface area (Å²) in [7, 11) is 0. The topological polar surface area (TPSA) is 44.0 Å². The Morgan fingerprint density at radius 1 is 0.545 bits per heavy atom. The Morgan fingerprint density at radius 2 is 0.955 bits per heavy atom. The highest BCUT2D eigenvalue weighted by Gasteiger charge is 2.18. The third-order valence-electron chi connectivity index (χ3n) is 3.73. The largest absolute Gasteiger partial charge is 0.270 e. The van der Waals surface area contributed by atoms with Gasteiger partial charge < -0.3 is 0 Å². The zero-order chi connectivity index (χ0) is 15.1. The molecule has 0 fully saturated rings. The highest BCUT2D eigenvalue weighted by Crippen LogP contribution is 2.23. The van der Waals surface area contributed by atoms with Gasteiger partial charge in [0, 0.05) is 23.3 Å². The Balaban J connectivity index is 2.12. The molecule has 0 atom stereocenters. The lowest BCUT2D eigenvalue weighted by molar-refractivity contribution is 0.642. The lowest BCUT2D eigenvalue weighted by atomic mass is 10.2. The van der Waals surface area contributed by atoms with E-state index in [0.29, 0.717) is 11.4 Å². The van der Waals surface area contributed by atoms with Gasteiger partial charge in [-0.3, -0.25) is 9.59 Å². The maximum Gasteiger partial charge on any atom is 0.270 e. The maximum atomic E-state index is 12.4. The van der Waals surface area contributed by atoms with Crippen molar-refractivity contribution in [2.45, 2.75) is 0 Å². The third kappa shape index (κ3) is 1.78. The van der Waals surface area contributed by atoms with E-state index in [4.69, 9.17) is 0 Å². The van der Waals surface area contributed by atoms with Crippen LogP contribution in [0.15, 0.2) is 82.4 Å². The summed E-state index contributed by atoms with van der Waals surface area (Å²) in [6, 6.07) is 21.7. The van der Waals surface area contributed by atoms with Crippen molar-refractivity contribution in [2.24, 2.45) is 0 Å². The first-order valence-corrected chi connectivity index (χ1v) is 6.98. The molecule has 4 nitrogen and oxygen atoms in total. The molecule has 0 saturated heterocycles. The molecule has 0 N–H and O–H groups in total. The summed E-state index contributed by atoms with van der Waals surface area (Å²) >= 11 is 0. The molecule has 2 aliphatic carbocycles. The molecule has 0 radical (unpaired) electrons. The van der Waals surface area contributed by atoms with Crippen LogP contribution in [-0.2, 0) is 0 Å². The minimum atomic E-state index is -0.220. The van der Waals surface area contributed by atoms with Crippen LogP contribution in [-0.4, -0.2) is 9.35 Å². The van der Waals surface area contributed by atoms with Crippen LogP contribution in [0.1, 0.15) is 0 Å². The summed E-state index contributed by atoms with van der Waals surface area (Å²) in [5.41, 5.74) is 2.57. The summed E-state index contributed by atoms with van der Waals surface area (Å²) in [6.07, 6.45) is 0. The van der Waals surface area contributed by atoms with E-state index in [0.717, 1.165) is 11.1 Å². The molecule has 22 heavy (non-hydrogen) atoms. The lowest BCUT2D eigenvalue weighted by Gasteiger charge is -2.09. The fourth-order valence-electron chi connectivity index (χ4n) is 2.77. The molecule has 0 saturated carbocycles. The fraction of sp³-hybridized carbons (Fsp3) is 0. The molecule has 2 aliphatic heterocycles. The Hall–Kier alpha value is -3.14. The van der Waals surface area contributed by atoms with Crippen molar-refractivity contribution in [3.8, 4) is 22.5 Å². The van der Waals surface area contributed by atoms with Crippen LogP contribution in [0.3, 0.4) is 0 Å². The normalized spacial score (nSPS) is 11.1. The van der Waals surface area contributed by atoms with Crippen molar-refractivity contribution in [3.05, 3.63) is 93.5 Å². The number of rotatable bonds is 1. The fourth-order valence-corrected chi connectivity index (χ4v) is 2.77. The van der Waals surface area contributed by atoms with E-state index in [1.54, 1.807) is 12.1 Å². The third-order valence-corrected chi connectivity index (χ3v) is 3.73. The lowest BCUT2D eigenvalue weighted by Crippen LogP contribution is -2.30. The molecule has 0 bridgehead atoms. The summed E-state index contributed by atoms with van der Waals surface area (Å²) < 4.78 is 2.86. The van der Waals surface area contributed by atoms with Gasteiger partial charge in [-0.25, -0.2) is 9.35 Å². The summed E-state index contributed by atoms with van der Waals surface area (Å²) in [5, 5.41) is 0. The number of hydrogen-bond acceptors (Lipinski definition) is 2. The van der Waals surface area contributed by atoms with E-state index in [1.807, 2.05) is 60.7 Å². The standard InChI is InChI=1S/C18H12N2O2/c21-17-11-13-7-3-1-5-9-15(13)19(17)20-16-10-6-2-4-8-14(16)12-18(20)22/h1-12H. The van der Waals surface area contributed by atoms with Crippen LogP contribution in [0, 0.1) is 0 Å². The first-order valence-electron chi connectivity index (χ1n) is 6.98. The Labute approximate surface area is 126 Å². The highest BCUT2D eigenvalue weighted by molar-refractivity contribution is 5.64. The molecule has 106 valence electrons. The first kappa shape index (κ1) is 12.6. The molecule has 4 heteroatoms. The highest BCUT2D eigenvalue weighted by atomic mass is 16.2. The van der Waals surface area contributed by atoms with E-state index in [9.17, 15) is 9.59 Å². The second-order valence-corrected chi connectivity index (χ2v) is 5.09. The van der Waals surface area contributed by atoms with E-state index < -0.39 is 0 Å². The maximum absolute atomic E-state index is 12.4. The van der Waals surface area contributed by atoms with E-state index in [1.165, 1.54) is 9.35 Å². The average Bonchev–Trinajstić information content (AvgIpc) is 2.78. The quantitative estimate of drug-likeness (QED) is 0.540. The van der Waals surface area contributed by atoms with Gasteiger partial charge in [0.25, 0.3) is 11.1 Å². The Bertz CT molecular complexity index is 945. The average molecular weight is 288 g/mol. The van der Waals surface area contributed by atoms with Crippen LogP contribution in [0.4, 0.5) is 0 Å². The molecular formula is C18H12N2O2. The van der Waals surface area contributed by atoms with Crippen LogP contribution < -0.4 is 11.1 Å². The van der Waals surface area contributed by atoms with Crippen LogP contribution in [0.5, 0.6) is 0 Å². The van der Waals surface area contributed by atoms with Gasteiger partial charge in [-0.1, -0.05) is 48.5 Å². The molecule has 2 heterocycles. The van der Waals surface area contributed by atoms with Gasteiger partial charge in [-0.05, 0) is 12.1 Å². The SMILES string of the molecule is O=c1cc2cccccc-2n1-n1c2cccccc-2cc1=O. The Morgan fingerprint density at radius 3 is 1.41 bits per heavy atom. The molecule has 0 aromatic carbocycles. The van der Waals surface area contributed by atoms with Gasteiger partial charge in [0.05, 0.1) is 11.4 Å². The number of aromatic nitrogens is 2. The summed E-state index contributed by atoms with van der Waals surface area (Å²) in [5.74, 6) is 0. The van der Waals surface area contributed by atoms with Gasteiger partial charge in [-0.15, -0.1) is 0 Å². The van der Waals surface area contributed by atoms with Crippen molar-refractivity contribution < 1.29 is 0 Å². The van der Waals surface area contributed by atoms with Crippen LogP contribution >= 0.6 is 0 Å². The summed E-state index contributed by atoms with van der Waals surface area (Å²) in [6.45, 7) is 0. The second-order valence-electron chi connectivity index (χ2n) is 5.09. The van der Waals surface area contributed by atoms with E-state index in [-0.39, 0.29) is 11.1 Å². The van der Waals surface area contributed by atoms with Crippen molar-refractivity contribution in [1.29, 1.82) is 0 Å². The molecule has 0 unspecified atom stereocenters. The molecule has 4 aliphatic rings. The molecule has 0 aromatic heterocycles.